The Morgan fingerprint density at radius 2 is 2.23 bits per heavy atom. The number of imidazole rings is 1. The molecule has 0 radical (unpaired) electrons. The third kappa shape index (κ3) is 2.51. The predicted molar refractivity (Wildman–Crippen MR) is 77.7 cm³/mol. The molecule has 7 heteroatoms. The standard InChI is InChI=1S/C15H12N4O3/c16-13(21)11-6-12(14-17-4-5-19(14)7-11)9-22-15-10(8-20)2-1-3-18-15/h1-8H,9H2,(H2,16,21). The first-order chi connectivity index (χ1) is 10.7. The summed E-state index contributed by atoms with van der Waals surface area (Å²) in [6, 6.07) is 4.88. The Morgan fingerprint density at radius 1 is 1.36 bits per heavy atom. The summed E-state index contributed by atoms with van der Waals surface area (Å²) >= 11 is 0. The van der Waals surface area contributed by atoms with Crippen molar-refractivity contribution in [2.75, 3.05) is 0 Å². The molecular weight excluding hydrogens is 284 g/mol. The second-order valence-corrected chi connectivity index (χ2v) is 4.58. The number of fused-ring (bicyclic) bond motifs is 1. The molecule has 3 aromatic rings. The van der Waals surface area contributed by atoms with Crippen LogP contribution >= 0.6 is 0 Å². The van der Waals surface area contributed by atoms with Gasteiger partial charge in [-0.05, 0) is 18.2 Å². The summed E-state index contributed by atoms with van der Waals surface area (Å²) in [5.41, 5.74) is 7.34. The Hall–Kier alpha value is -3.22. The monoisotopic (exact) mass is 296 g/mol. The van der Waals surface area contributed by atoms with Gasteiger partial charge in [0, 0.05) is 30.4 Å². The average molecular weight is 296 g/mol. The zero-order chi connectivity index (χ0) is 15.5. The minimum absolute atomic E-state index is 0.111. The third-order valence-electron chi connectivity index (χ3n) is 3.14. The van der Waals surface area contributed by atoms with Crippen molar-refractivity contribution in [1.29, 1.82) is 0 Å². The van der Waals surface area contributed by atoms with Crippen LogP contribution in [0.5, 0.6) is 5.88 Å². The van der Waals surface area contributed by atoms with Crippen LogP contribution in [0.4, 0.5) is 0 Å². The lowest BCUT2D eigenvalue weighted by atomic mass is 10.2. The van der Waals surface area contributed by atoms with Gasteiger partial charge in [0.25, 0.3) is 0 Å². The van der Waals surface area contributed by atoms with Crippen LogP contribution in [0.2, 0.25) is 0 Å². The van der Waals surface area contributed by atoms with Gasteiger partial charge in [0.1, 0.15) is 12.3 Å². The molecule has 0 saturated heterocycles. The zero-order valence-corrected chi connectivity index (χ0v) is 11.5. The molecule has 0 spiro atoms. The summed E-state index contributed by atoms with van der Waals surface area (Å²) < 4.78 is 7.27. The molecule has 3 aromatic heterocycles. The van der Waals surface area contributed by atoms with Gasteiger partial charge in [0.2, 0.25) is 11.8 Å². The minimum atomic E-state index is -0.539. The molecule has 110 valence electrons. The van der Waals surface area contributed by atoms with E-state index in [0.717, 1.165) is 0 Å². The Morgan fingerprint density at radius 3 is 3.00 bits per heavy atom. The zero-order valence-electron chi connectivity index (χ0n) is 11.5. The molecule has 3 rings (SSSR count). The van der Waals surface area contributed by atoms with E-state index in [1.807, 2.05) is 0 Å². The van der Waals surface area contributed by atoms with Gasteiger partial charge in [-0.15, -0.1) is 0 Å². The number of nitrogens with two attached hydrogens (primary N) is 1. The van der Waals surface area contributed by atoms with Gasteiger partial charge in [-0.2, -0.15) is 0 Å². The van der Waals surface area contributed by atoms with Crippen molar-refractivity contribution in [2.24, 2.45) is 5.73 Å². The van der Waals surface area contributed by atoms with Crippen LogP contribution in [0.15, 0.2) is 43.0 Å². The number of amides is 1. The van der Waals surface area contributed by atoms with Crippen molar-refractivity contribution in [3.8, 4) is 5.88 Å². The van der Waals surface area contributed by atoms with E-state index in [1.165, 1.54) is 6.20 Å². The van der Waals surface area contributed by atoms with Gasteiger partial charge in [-0.3, -0.25) is 9.59 Å². The van der Waals surface area contributed by atoms with E-state index in [9.17, 15) is 9.59 Å². The van der Waals surface area contributed by atoms with Gasteiger partial charge in [0.05, 0.1) is 11.1 Å². The first-order valence-electron chi connectivity index (χ1n) is 6.47. The number of hydrogen-bond donors (Lipinski definition) is 1. The van der Waals surface area contributed by atoms with Crippen molar-refractivity contribution in [1.82, 2.24) is 14.4 Å². The summed E-state index contributed by atoms with van der Waals surface area (Å²) in [7, 11) is 0. The maximum atomic E-state index is 11.4. The number of rotatable bonds is 5. The fourth-order valence-electron chi connectivity index (χ4n) is 2.11. The lowest BCUT2D eigenvalue weighted by molar-refractivity contribution is 0.0999. The SMILES string of the molecule is NC(=O)c1cc(COc2ncccc2C=O)c2nccn2c1. The van der Waals surface area contributed by atoms with Gasteiger partial charge >= 0.3 is 0 Å². The van der Waals surface area contributed by atoms with Gasteiger partial charge < -0.3 is 14.9 Å². The molecule has 1 amide bonds. The molecule has 3 heterocycles. The summed E-state index contributed by atoms with van der Waals surface area (Å²) in [6.07, 6.45) is 7.14. The second kappa shape index (κ2) is 5.65. The molecule has 0 saturated carbocycles. The molecule has 0 fully saturated rings. The van der Waals surface area contributed by atoms with E-state index < -0.39 is 5.91 Å². The predicted octanol–water partition coefficient (Wildman–Crippen LogP) is 1.22. The van der Waals surface area contributed by atoms with Crippen LogP contribution in [0.1, 0.15) is 26.3 Å². The Bertz CT molecular complexity index is 857. The molecule has 0 aliphatic heterocycles. The van der Waals surface area contributed by atoms with Gasteiger partial charge in [-0.1, -0.05) is 0 Å². The van der Waals surface area contributed by atoms with E-state index in [2.05, 4.69) is 9.97 Å². The first-order valence-corrected chi connectivity index (χ1v) is 6.47. The molecular formula is C15H12N4O3. The molecule has 0 aromatic carbocycles. The van der Waals surface area contributed by atoms with E-state index in [0.29, 0.717) is 28.6 Å². The number of pyridine rings is 2. The number of aldehydes is 1. The summed E-state index contributed by atoms with van der Waals surface area (Å²) in [5.74, 6) is -0.310. The average Bonchev–Trinajstić information content (AvgIpc) is 3.01. The third-order valence-corrected chi connectivity index (χ3v) is 3.14. The van der Waals surface area contributed by atoms with Crippen molar-refractivity contribution >= 4 is 17.8 Å². The molecule has 0 atom stereocenters. The van der Waals surface area contributed by atoms with Crippen molar-refractivity contribution in [3.05, 3.63) is 59.7 Å². The van der Waals surface area contributed by atoms with Gasteiger partial charge in [-0.25, -0.2) is 9.97 Å². The smallest absolute Gasteiger partial charge is 0.250 e. The van der Waals surface area contributed by atoms with Crippen molar-refractivity contribution < 1.29 is 14.3 Å². The normalized spacial score (nSPS) is 10.5. The number of carbonyl (C=O) groups is 2. The minimum Gasteiger partial charge on any atom is -0.472 e. The number of primary amides is 1. The van der Waals surface area contributed by atoms with E-state index in [4.69, 9.17) is 10.5 Å². The van der Waals surface area contributed by atoms with Crippen LogP contribution in [-0.2, 0) is 6.61 Å². The molecule has 2 N–H and O–H groups in total. The molecule has 0 bridgehead atoms. The summed E-state index contributed by atoms with van der Waals surface area (Å²) in [4.78, 5) is 30.6. The number of hydrogen-bond acceptors (Lipinski definition) is 5. The lowest BCUT2D eigenvalue weighted by Gasteiger charge is -2.09. The van der Waals surface area contributed by atoms with Crippen LogP contribution < -0.4 is 10.5 Å². The molecule has 7 nitrogen and oxygen atoms in total. The van der Waals surface area contributed by atoms with E-state index in [-0.39, 0.29) is 12.5 Å². The highest BCUT2D eigenvalue weighted by molar-refractivity contribution is 5.93. The van der Waals surface area contributed by atoms with Crippen LogP contribution in [0.3, 0.4) is 0 Å². The molecule has 0 unspecified atom stereocenters. The van der Waals surface area contributed by atoms with Crippen LogP contribution in [0.25, 0.3) is 5.65 Å². The highest BCUT2D eigenvalue weighted by Crippen LogP contribution is 2.17. The highest BCUT2D eigenvalue weighted by atomic mass is 16.5. The van der Waals surface area contributed by atoms with Gasteiger partial charge in [0.15, 0.2) is 6.29 Å². The fourth-order valence-corrected chi connectivity index (χ4v) is 2.11. The topological polar surface area (TPSA) is 99.6 Å². The van der Waals surface area contributed by atoms with Crippen molar-refractivity contribution in [2.45, 2.75) is 6.61 Å². The number of nitrogens with zero attached hydrogens (tertiary/aromatic N) is 3. The Kier molecular flexibility index (Phi) is 3.53. The van der Waals surface area contributed by atoms with E-state index >= 15 is 0 Å². The quantitative estimate of drug-likeness (QED) is 0.713. The fraction of sp³-hybridized carbons (Fsp3) is 0.0667. The lowest BCUT2D eigenvalue weighted by Crippen LogP contribution is -2.13. The Balaban J connectivity index is 1.94. The maximum absolute atomic E-state index is 11.4. The van der Waals surface area contributed by atoms with Crippen LogP contribution in [-0.4, -0.2) is 26.6 Å². The van der Waals surface area contributed by atoms with Crippen molar-refractivity contribution in [3.63, 3.8) is 0 Å². The molecule has 22 heavy (non-hydrogen) atoms. The Labute approximate surface area is 125 Å². The largest absolute Gasteiger partial charge is 0.472 e. The molecule has 0 aliphatic carbocycles. The summed E-state index contributed by atoms with van der Waals surface area (Å²) in [6.45, 7) is 0.111. The summed E-state index contributed by atoms with van der Waals surface area (Å²) in [5, 5.41) is 0. The first kappa shape index (κ1) is 13.7. The number of aromatic nitrogens is 3. The van der Waals surface area contributed by atoms with Crippen LogP contribution in [0, 0.1) is 0 Å². The molecule has 0 aliphatic rings. The second-order valence-electron chi connectivity index (χ2n) is 4.58. The maximum Gasteiger partial charge on any atom is 0.250 e. The number of carbonyl (C=O) groups excluding carboxylic acids is 2. The highest BCUT2D eigenvalue weighted by Gasteiger charge is 2.11. The number of ether oxygens (including phenoxy) is 1. The van der Waals surface area contributed by atoms with E-state index in [1.54, 1.807) is 41.2 Å².